The lowest BCUT2D eigenvalue weighted by molar-refractivity contribution is 0.103. The summed E-state index contributed by atoms with van der Waals surface area (Å²) >= 11 is 8.62. The number of thioether (sulfide) groups is 1. The molecule has 0 N–H and O–H groups in total. The van der Waals surface area contributed by atoms with E-state index in [2.05, 4.69) is 0 Å². The molecule has 3 rings (SSSR count). The second-order valence-electron chi connectivity index (χ2n) is 3.86. The number of fused-ring (bicyclic) bond motifs is 2. The highest BCUT2D eigenvalue weighted by Gasteiger charge is 2.23. The molecule has 0 atom stereocenters. The highest BCUT2D eigenvalue weighted by molar-refractivity contribution is 7.98. The van der Waals surface area contributed by atoms with E-state index in [0.717, 1.165) is 21.1 Å². The molecule has 0 spiro atoms. The van der Waals surface area contributed by atoms with Crippen LogP contribution in [0.3, 0.4) is 0 Å². The standard InChI is InChI=1S/C13H7ClO2S2/c14-13(16)7-1-2-8-10(5-7)18-6-11-9(12(8)15)3-4-17-11/h1-5H,6H2. The Bertz CT molecular complexity index is 661. The Balaban J connectivity index is 2.14. The molecule has 1 aromatic carbocycles. The predicted octanol–water partition coefficient (Wildman–Crippen LogP) is 3.96. The second-order valence-corrected chi connectivity index (χ2v) is 6.22. The smallest absolute Gasteiger partial charge is 0.252 e. The van der Waals surface area contributed by atoms with Gasteiger partial charge in [0.15, 0.2) is 5.78 Å². The molecule has 5 heteroatoms. The summed E-state index contributed by atoms with van der Waals surface area (Å²) in [5.41, 5.74) is 1.86. The van der Waals surface area contributed by atoms with Crippen LogP contribution in [0.2, 0.25) is 0 Å². The Morgan fingerprint density at radius 3 is 2.83 bits per heavy atom. The van der Waals surface area contributed by atoms with Crippen LogP contribution in [0.25, 0.3) is 0 Å². The van der Waals surface area contributed by atoms with Crippen LogP contribution in [0.15, 0.2) is 34.5 Å². The highest BCUT2D eigenvalue weighted by atomic mass is 35.5. The van der Waals surface area contributed by atoms with Gasteiger partial charge in [0, 0.05) is 32.2 Å². The van der Waals surface area contributed by atoms with Gasteiger partial charge < -0.3 is 0 Å². The lowest BCUT2D eigenvalue weighted by atomic mass is 10.0. The summed E-state index contributed by atoms with van der Waals surface area (Å²) < 4.78 is 0. The average molecular weight is 295 g/mol. The van der Waals surface area contributed by atoms with E-state index >= 15 is 0 Å². The summed E-state index contributed by atoms with van der Waals surface area (Å²) in [6.07, 6.45) is 0. The van der Waals surface area contributed by atoms with Crippen LogP contribution < -0.4 is 0 Å². The summed E-state index contributed by atoms with van der Waals surface area (Å²) in [7, 11) is 0. The Hall–Kier alpha value is -1.10. The van der Waals surface area contributed by atoms with Crippen molar-refractivity contribution in [3.05, 3.63) is 51.2 Å². The number of carbonyl (C=O) groups is 2. The first-order valence-corrected chi connectivity index (χ1v) is 7.49. The van der Waals surface area contributed by atoms with Crippen molar-refractivity contribution >= 4 is 45.7 Å². The monoisotopic (exact) mass is 294 g/mol. The third-order valence-electron chi connectivity index (χ3n) is 2.80. The van der Waals surface area contributed by atoms with Gasteiger partial charge in [-0.2, -0.15) is 0 Å². The number of rotatable bonds is 1. The van der Waals surface area contributed by atoms with Crippen LogP contribution in [0.4, 0.5) is 0 Å². The fraction of sp³-hybridized carbons (Fsp3) is 0.0769. The lowest BCUT2D eigenvalue weighted by Gasteiger charge is -2.05. The van der Waals surface area contributed by atoms with Crippen molar-refractivity contribution in [3.63, 3.8) is 0 Å². The first-order chi connectivity index (χ1) is 8.66. The van der Waals surface area contributed by atoms with E-state index < -0.39 is 5.24 Å². The van der Waals surface area contributed by atoms with Gasteiger partial charge in [-0.25, -0.2) is 0 Å². The third kappa shape index (κ3) is 1.90. The molecule has 0 bridgehead atoms. The van der Waals surface area contributed by atoms with Crippen molar-refractivity contribution in [1.82, 2.24) is 0 Å². The van der Waals surface area contributed by atoms with Gasteiger partial charge in [-0.05, 0) is 41.2 Å². The van der Waals surface area contributed by atoms with E-state index in [1.165, 1.54) is 0 Å². The van der Waals surface area contributed by atoms with Gasteiger partial charge in [0.25, 0.3) is 5.24 Å². The van der Waals surface area contributed by atoms with Crippen molar-refractivity contribution in [2.45, 2.75) is 10.6 Å². The van der Waals surface area contributed by atoms with Gasteiger partial charge in [-0.3, -0.25) is 9.59 Å². The van der Waals surface area contributed by atoms with Gasteiger partial charge >= 0.3 is 0 Å². The molecule has 90 valence electrons. The minimum Gasteiger partial charge on any atom is -0.289 e. The van der Waals surface area contributed by atoms with Crippen molar-refractivity contribution in [3.8, 4) is 0 Å². The van der Waals surface area contributed by atoms with E-state index in [0.29, 0.717) is 11.1 Å². The maximum atomic E-state index is 12.3. The number of halogens is 1. The Labute approximate surface area is 117 Å². The fourth-order valence-corrected chi connectivity index (χ4v) is 4.09. The van der Waals surface area contributed by atoms with Gasteiger partial charge in [-0.15, -0.1) is 23.1 Å². The number of benzene rings is 1. The van der Waals surface area contributed by atoms with Crippen molar-refractivity contribution in [1.29, 1.82) is 0 Å². The molecule has 18 heavy (non-hydrogen) atoms. The maximum Gasteiger partial charge on any atom is 0.252 e. The Kier molecular flexibility index (Phi) is 3.01. The zero-order valence-electron chi connectivity index (χ0n) is 9.10. The molecule has 1 aliphatic rings. The summed E-state index contributed by atoms with van der Waals surface area (Å²) in [4.78, 5) is 25.4. The first-order valence-electron chi connectivity index (χ1n) is 5.24. The van der Waals surface area contributed by atoms with Crippen LogP contribution in [0.1, 0.15) is 31.2 Å². The van der Waals surface area contributed by atoms with Crippen molar-refractivity contribution in [2.24, 2.45) is 0 Å². The zero-order valence-corrected chi connectivity index (χ0v) is 11.5. The minimum atomic E-state index is -0.495. The summed E-state index contributed by atoms with van der Waals surface area (Å²) in [5, 5.41) is 1.44. The van der Waals surface area contributed by atoms with Gasteiger partial charge in [0.1, 0.15) is 0 Å². The number of hydrogen-bond acceptors (Lipinski definition) is 4. The SMILES string of the molecule is O=C(Cl)c1ccc2c(c1)SCc1sccc1C2=O. The molecule has 2 aromatic rings. The number of carbonyl (C=O) groups excluding carboxylic acids is 2. The second kappa shape index (κ2) is 4.53. The molecule has 1 aromatic heterocycles. The van der Waals surface area contributed by atoms with Crippen LogP contribution in [0, 0.1) is 0 Å². The molecule has 0 amide bonds. The van der Waals surface area contributed by atoms with Crippen molar-refractivity contribution in [2.75, 3.05) is 0 Å². The Morgan fingerprint density at radius 1 is 1.22 bits per heavy atom. The van der Waals surface area contributed by atoms with Crippen molar-refractivity contribution < 1.29 is 9.59 Å². The minimum absolute atomic E-state index is 0.0276. The van der Waals surface area contributed by atoms with E-state index in [9.17, 15) is 9.59 Å². The largest absolute Gasteiger partial charge is 0.289 e. The van der Waals surface area contributed by atoms with Gasteiger partial charge in [0.2, 0.25) is 0 Å². The summed E-state index contributed by atoms with van der Waals surface area (Å²) in [5.74, 6) is 0.783. The number of ketones is 1. The highest BCUT2D eigenvalue weighted by Crippen LogP contribution is 2.36. The van der Waals surface area contributed by atoms with E-state index in [4.69, 9.17) is 11.6 Å². The molecule has 0 saturated carbocycles. The zero-order chi connectivity index (χ0) is 12.7. The van der Waals surface area contributed by atoms with E-state index in [1.54, 1.807) is 41.3 Å². The molecule has 0 saturated heterocycles. The normalized spacial score (nSPS) is 13.7. The molecule has 1 aliphatic heterocycles. The fourth-order valence-electron chi connectivity index (χ4n) is 1.89. The van der Waals surface area contributed by atoms with Gasteiger partial charge in [0.05, 0.1) is 0 Å². The lowest BCUT2D eigenvalue weighted by Crippen LogP contribution is -2.02. The van der Waals surface area contributed by atoms with Crippen LogP contribution >= 0.6 is 34.7 Å². The van der Waals surface area contributed by atoms with Crippen LogP contribution in [-0.2, 0) is 5.75 Å². The molecule has 0 unspecified atom stereocenters. The van der Waals surface area contributed by atoms with Crippen LogP contribution in [-0.4, -0.2) is 11.0 Å². The summed E-state index contributed by atoms with van der Waals surface area (Å²) in [6.45, 7) is 0. The number of hydrogen-bond donors (Lipinski definition) is 0. The van der Waals surface area contributed by atoms with E-state index in [-0.39, 0.29) is 5.78 Å². The molecule has 0 fully saturated rings. The number of thiophene rings is 1. The van der Waals surface area contributed by atoms with Gasteiger partial charge in [-0.1, -0.05) is 0 Å². The molecule has 2 heterocycles. The van der Waals surface area contributed by atoms with E-state index in [1.807, 2.05) is 11.4 Å². The third-order valence-corrected chi connectivity index (χ3v) is 5.21. The predicted molar refractivity (Wildman–Crippen MR) is 73.9 cm³/mol. The maximum absolute atomic E-state index is 12.3. The summed E-state index contributed by atoms with van der Waals surface area (Å²) in [6, 6.07) is 6.85. The molecular weight excluding hydrogens is 288 g/mol. The molecule has 0 aliphatic carbocycles. The average Bonchev–Trinajstić information content (AvgIpc) is 2.78. The molecule has 0 radical (unpaired) electrons. The quantitative estimate of drug-likeness (QED) is 0.747. The van der Waals surface area contributed by atoms with Crippen LogP contribution in [0.5, 0.6) is 0 Å². The molecular formula is C13H7ClO2S2. The molecule has 2 nitrogen and oxygen atoms in total. The first kappa shape index (κ1) is 12.0. The Morgan fingerprint density at radius 2 is 2.06 bits per heavy atom. The topological polar surface area (TPSA) is 34.1 Å².